The largest absolute Gasteiger partial charge is 0.376 e. The van der Waals surface area contributed by atoms with Crippen molar-refractivity contribution in [3.63, 3.8) is 0 Å². The van der Waals surface area contributed by atoms with Crippen molar-refractivity contribution in [1.82, 2.24) is 15.1 Å². The fraction of sp³-hybridized carbons (Fsp3) is 0.471. The SMILES string of the molecule is Cc1ccc(CCN(C[C@H]2CCCO2)C(=O)Nc2nncs2)cc1. The highest BCUT2D eigenvalue weighted by molar-refractivity contribution is 7.13. The molecule has 3 rings (SSSR count). The Hall–Kier alpha value is -1.99. The molecule has 2 amide bonds. The molecule has 2 aromatic rings. The number of nitrogens with zero attached hydrogens (tertiary/aromatic N) is 3. The molecule has 1 aromatic carbocycles. The van der Waals surface area contributed by atoms with Crippen molar-refractivity contribution in [2.75, 3.05) is 25.0 Å². The minimum absolute atomic E-state index is 0.128. The van der Waals surface area contributed by atoms with Crippen LogP contribution >= 0.6 is 11.3 Å². The van der Waals surface area contributed by atoms with Gasteiger partial charge in [-0.05, 0) is 31.7 Å². The Balaban J connectivity index is 1.61. The second-order valence-corrected chi connectivity index (χ2v) is 6.82. The molecule has 0 aliphatic carbocycles. The summed E-state index contributed by atoms with van der Waals surface area (Å²) in [5.74, 6) is 0. The molecule has 0 spiro atoms. The highest BCUT2D eigenvalue weighted by Crippen LogP contribution is 2.16. The van der Waals surface area contributed by atoms with Crippen LogP contribution < -0.4 is 5.32 Å². The van der Waals surface area contributed by atoms with Gasteiger partial charge < -0.3 is 9.64 Å². The summed E-state index contributed by atoms with van der Waals surface area (Å²) in [4.78, 5) is 14.4. The molecule has 1 aliphatic rings. The predicted molar refractivity (Wildman–Crippen MR) is 94.4 cm³/mol. The number of urea groups is 1. The van der Waals surface area contributed by atoms with Gasteiger partial charge in [0.2, 0.25) is 5.13 Å². The van der Waals surface area contributed by atoms with Crippen LogP contribution in [-0.2, 0) is 11.2 Å². The van der Waals surface area contributed by atoms with E-state index in [1.54, 1.807) is 5.51 Å². The van der Waals surface area contributed by atoms with Gasteiger partial charge in [-0.15, -0.1) is 10.2 Å². The average molecular weight is 346 g/mol. The number of hydrogen-bond donors (Lipinski definition) is 1. The minimum Gasteiger partial charge on any atom is -0.376 e. The lowest BCUT2D eigenvalue weighted by molar-refractivity contribution is 0.0839. The second-order valence-electron chi connectivity index (χ2n) is 5.99. The Morgan fingerprint density at radius 1 is 1.42 bits per heavy atom. The van der Waals surface area contributed by atoms with Crippen molar-refractivity contribution in [1.29, 1.82) is 0 Å². The standard InChI is InChI=1S/C17H22N4O2S/c1-13-4-6-14(7-5-13)8-9-21(11-15-3-2-10-23-15)17(22)19-16-20-18-12-24-16/h4-7,12,15H,2-3,8-11H2,1H3,(H,19,20,22)/t15-/m1/s1. The summed E-state index contributed by atoms with van der Waals surface area (Å²) in [7, 11) is 0. The van der Waals surface area contributed by atoms with Crippen LogP contribution in [0, 0.1) is 6.92 Å². The zero-order valence-electron chi connectivity index (χ0n) is 13.8. The number of aryl methyl sites for hydroxylation is 1. The molecule has 6 nitrogen and oxygen atoms in total. The van der Waals surface area contributed by atoms with Gasteiger partial charge in [-0.2, -0.15) is 0 Å². The molecule has 128 valence electrons. The molecule has 0 unspecified atom stereocenters. The molecule has 7 heteroatoms. The summed E-state index contributed by atoms with van der Waals surface area (Å²) >= 11 is 1.32. The lowest BCUT2D eigenvalue weighted by Crippen LogP contribution is -2.41. The van der Waals surface area contributed by atoms with Crippen molar-refractivity contribution in [3.8, 4) is 0 Å². The Morgan fingerprint density at radius 3 is 2.92 bits per heavy atom. The molecular formula is C17H22N4O2S. The van der Waals surface area contributed by atoms with E-state index in [-0.39, 0.29) is 12.1 Å². The van der Waals surface area contributed by atoms with Crippen molar-refractivity contribution < 1.29 is 9.53 Å². The summed E-state index contributed by atoms with van der Waals surface area (Å²) in [5, 5.41) is 11.0. The van der Waals surface area contributed by atoms with Gasteiger partial charge >= 0.3 is 6.03 Å². The summed E-state index contributed by atoms with van der Waals surface area (Å²) in [5.41, 5.74) is 4.07. The van der Waals surface area contributed by atoms with E-state index in [2.05, 4.69) is 46.7 Å². The molecule has 1 saturated heterocycles. The number of anilines is 1. The van der Waals surface area contributed by atoms with E-state index in [0.29, 0.717) is 18.2 Å². The van der Waals surface area contributed by atoms with Gasteiger partial charge in [0.1, 0.15) is 5.51 Å². The maximum absolute atomic E-state index is 12.6. The van der Waals surface area contributed by atoms with E-state index in [9.17, 15) is 4.79 Å². The number of amides is 2. The zero-order chi connectivity index (χ0) is 16.8. The van der Waals surface area contributed by atoms with Gasteiger partial charge in [-0.25, -0.2) is 4.79 Å². The smallest absolute Gasteiger partial charge is 0.323 e. The number of benzene rings is 1. The second kappa shape index (κ2) is 8.21. The summed E-state index contributed by atoms with van der Waals surface area (Å²) in [6.07, 6.45) is 3.02. The summed E-state index contributed by atoms with van der Waals surface area (Å²) in [6, 6.07) is 8.28. The number of hydrogen-bond acceptors (Lipinski definition) is 5. The lowest BCUT2D eigenvalue weighted by Gasteiger charge is -2.25. The first kappa shape index (κ1) is 16.9. The molecule has 24 heavy (non-hydrogen) atoms. The van der Waals surface area contributed by atoms with Gasteiger partial charge in [0.15, 0.2) is 0 Å². The number of nitrogens with one attached hydrogen (secondary N) is 1. The highest BCUT2D eigenvalue weighted by atomic mass is 32.1. The average Bonchev–Trinajstić information content (AvgIpc) is 3.26. The van der Waals surface area contributed by atoms with E-state index in [4.69, 9.17) is 4.74 Å². The summed E-state index contributed by atoms with van der Waals surface area (Å²) in [6.45, 7) is 4.11. The van der Waals surface area contributed by atoms with Crippen LogP contribution in [0.5, 0.6) is 0 Å². The number of rotatable bonds is 6. The van der Waals surface area contributed by atoms with E-state index in [0.717, 1.165) is 25.9 Å². The van der Waals surface area contributed by atoms with Gasteiger partial charge in [-0.3, -0.25) is 5.32 Å². The van der Waals surface area contributed by atoms with Crippen LogP contribution in [0.4, 0.5) is 9.93 Å². The molecule has 1 fully saturated rings. The Labute approximate surface area is 145 Å². The fourth-order valence-electron chi connectivity index (χ4n) is 2.73. The molecule has 1 N–H and O–H groups in total. The number of carbonyl (C=O) groups is 1. The fourth-order valence-corrected chi connectivity index (χ4v) is 3.16. The third-order valence-electron chi connectivity index (χ3n) is 4.10. The van der Waals surface area contributed by atoms with E-state index >= 15 is 0 Å². The zero-order valence-corrected chi connectivity index (χ0v) is 14.6. The first-order valence-corrected chi connectivity index (χ1v) is 9.08. The molecule has 1 atom stereocenters. The monoisotopic (exact) mass is 346 g/mol. The van der Waals surface area contributed by atoms with Gasteiger partial charge in [0, 0.05) is 19.7 Å². The van der Waals surface area contributed by atoms with Crippen LogP contribution in [-0.4, -0.2) is 46.9 Å². The third kappa shape index (κ3) is 4.75. The Bertz CT molecular complexity index is 639. The molecule has 1 aromatic heterocycles. The number of ether oxygens (including phenoxy) is 1. The molecule has 0 bridgehead atoms. The van der Waals surface area contributed by atoms with Crippen molar-refractivity contribution in [2.24, 2.45) is 0 Å². The lowest BCUT2D eigenvalue weighted by atomic mass is 10.1. The van der Waals surface area contributed by atoms with Crippen LogP contribution in [0.3, 0.4) is 0 Å². The molecule has 0 radical (unpaired) electrons. The molecule has 1 aliphatic heterocycles. The Kier molecular flexibility index (Phi) is 5.77. The van der Waals surface area contributed by atoms with Gasteiger partial charge in [0.05, 0.1) is 6.10 Å². The van der Waals surface area contributed by atoms with Crippen molar-refractivity contribution >= 4 is 22.5 Å². The Morgan fingerprint density at radius 2 is 2.25 bits per heavy atom. The van der Waals surface area contributed by atoms with Gasteiger partial charge in [0.25, 0.3) is 0 Å². The highest BCUT2D eigenvalue weighted by Gasteiger charge is 2.23. The quantitative estimate of drug-likeness (QED) is 0.873. The number of carbonyl (C=O) groups excluding carboxylic acids is 1. The number of aromatic nitrogens is 2. The van der Waals surface area contributed by atoms with Crippen LogP contribution in [0.2, 0.25) is 0 Å². The first-order valence-electron chi connectivity index (χ1n) is 8.20. The maximum atomic E-state index is 12.6. The van der Waals surface area contributed by atoms with Crippen LogP contribution in [0.25, 0.3) is 0 Å². The van der Waals surface area contributed by atoms with Gasteiger partial charge in [-0.1, -0.05) is 41.2 Å². The summed E-state index contributed by atoms with van der Waals surface area (Å²) < 4.78 is 5.69. The van der Waals surface area contributed by atoms with Crippen LogP contribution in [0.1, 0.15) is 24.0 Å². The predicted octanol–water partition coefficient (Wildman–Crippen LogP) is 3.10. The van der Waals surface area contributed by atoms with Crippen LogP contribution in [0.15, 0.2) is 29.8 Å². The van der Waals surface area contributed by atoms with E-state index < -0.39 is 0 Å². The van der Waals surface area contributed by atoms with E-state index in [1.807, 2.05) is 4.90 Å². The third-order valence-corrected chi connectivity index (χ3v) is 4.71. The van der Waals surface area contributed by atoms with E-state index in [1.165, 1.54) is 22.5 Å². The minimum atomic E-state index is -0.144. The normalized spacial score (nSPS) is 17.0. The van der Waals surface area contributed by atoms with Crippen molar-refractivity contribution in [2.45, 2.75) is 32.3 Å². The van der Waals surface area contributed by atoms with Crippen molar-refractivity contribution in [3.05, 3.63) is 40.9 Å². The maximum Gasteiger partial charge on any atom is 0.323 e. The molecule has 2 heterocycles. The molecular weight excluding hydrogens is 324 g/mol. The molecule has 0 saturated carbocycles. The first-order chi connectivity index (χ1) is 11.7. The topological polar surface area (TPSA) is 67.3 Å².